The van der Waals surface area contributed by atoms with E-state index in [1.54, 1.807) is 6.26 Å². The van der Waals surface area contributed by atoms with Crippen molar-refractivity contribution in [3.63, 3.8) is 0 Å². The van der Waals surface area contributed by atoms with Crippen molar-refractivity contribution >= 4 is 0 Å². The lowest BCUT2D eigenvalue weighted by Gasteiger charge is -1.96. The number of nitrogens with zero attached hydrogens (tertiary/aromatic N) is 1. The van der Waals surface area contributed by atoms with Gasteiger partial charge in [-0.15, -0.1) is 0 Å². The van der Waals surface area contributed by atoms with E-state index in [2.05, 4.69) is 6.07 Å². The number of hydrogen-bond donors (Lipinski definition) is 0. The summed E-state index contributed by atoms with van der Waals surface area (Å²) < 4.78 is 5.04. The van der Waals surface area contributed by atoms with Gasteiger partial charge in [0.05, 0.1) is 18.3 Å². The van der Waals surface area contributed by atoms with Gasteiger partial charge in [-0.1, -0.05) is 0 Å². The van der Waals surface area contributed by atoms with Crippen LogP contribution < -0.4 is 0 Å². The van der Waals surface area contributed by atoms with Gasteiger partial charge in [-0.05, 0) is 19.9 Å². The molecule has 0 aromatic carbocycles. The van der Waals surface area contributed by atoms with Crippen LogP contribution in [0.5, 0.6) is 0 Å². The monoisotopic (exact) mass is 135 g/mol. The minimum absolute atomic E-state index is 0.0567. The van der Waals surface area contributed by atoms with Gasteiger partial charge in [0.15, 0.2) is 0 Å². The molecule has 1 heterocycles. The Bertz CT molecular complexity index is 256. The summed E-state index contributed by atoms with van der Waals surface area (Å²) >= 11 is 0. The first-order chi connectivity index (χ1) is 4.75. The van der Waals surface area contributed by atoms with Crippen LogP contribution in [-0.2, 0) is 0 Å². The highest BCUT2D eigenvalue weighted by Gasteiger charge is 2.08. The average molecular weight is 135 g/mol. The van der Waals surface area contributed by atoms with E-state index in [1.807, 2.05) is 19.9 Å². The van der Waals surface area contributed by atoms with Crippen LogP contribution in [0.4, 0.5) is 0 Å². The van der Waals surface area contributed by atoms with Gasteiger partial charge in [0.1, 0.15) is 5.76 Å². The Hall–Kier alpha value is -1.23. The molecule has 10 heavy (non-hydrogen) atoms. The maximum Gasteiger partial charge on any atom is 0.105 e. The van der Waals surface area contributed by atoms with Crippen molar-refractivity contribution in [2.45, 2.75) is 19.8 Å². The highest BCUT2D eigenvalue weighted by molar-refractivity contribution is 5.24. The minimum Gasteiger partial charge on any atom is -0.469 e. The lowest BCUT2D eigenvalue weighted by Crippen LogP contribution is -1.87. The molecule has 0 N–H and O–H groups in total. The van der Waals surface area contributed by atoms with Gasteiger partial charge in [-0.2, -0.15) is 5.26 Å². The Labute approximate surface area is 60.1 Å². The molecule has 0 spiro atoms. The molecule has 52 valence electrons. The summed E-state index contributed by atoms with van der Waals surface area (Å²) in [6.45, 7) is 3.72. The lowest BCUT2D eigenvalue weighted by atomic mass is 10.0. The van der Waals surface area contributed by atoms with E-state index in [9.17, 15) is 0 Å². The van der Waals surface area contributed by atoms with Crippen LogP contribution >= 0.6 is 0 Å². The summed E-state index contributed by atoms with van der Waals surface area (Å²) in [6, 6.07) is 3.98. The second-order valence-corrected chi connectivity index (χ2v) is 2.28. The molecule has 2 nitrogen and oxygen atoms in total. The molecule has 0 saturated carbocycles. The first-order valence-electron chi connectivity index (χ1n) is 3.19. The van der Waals surface area contributed by atoms with Gasteiger partial charge in [-0.25, -0.2) is 0 Å². The van der Waals surface area contributed by atoms with Crippen LogP contribution in [0.1, 0.15) is 24.2 Å². The Morgan fingerprint density at radius 1 is 1.70 bits per heavy atom. The highest BCUT2D eigenvalue weighted by Crippen LogP contribution is 2.18. The topological polar surface area (TPSA) is 36.9 Å². The van der Waals surface area contributed by atoms with Gasteiger partial charge in [0.25, 0.3) is 0 Å². The molecule has 0 bridgehead atoms. The number of rotatable bonds is 1. The molecule has 0 aliphatic rings. The molecule has 0 radical (unpaired) electrons. The first-order valence-corrected chi connectivity index (χ1v) is 3.19. The van der Waals surface area contributed by atoms with E-state index < -0.39 is 0 Å². The fourth-order valence-electron chi connectivity index (χ4n) is 0.914. The largest absolute Gasteiger partial charge is 0.469 e. The van der Waals surface area contributed by atoms with Crippen molar-refractivity contribution in [2.75, 3.05) is 0 Å². The first kappa shape index (κ1) is 6.88. The van der Waals surface area contributed by atoms with Crippen LogP contribution in [-0.4, -0.2) is 0 Å². The third-order valence-corrected chi connectivity index (χ3v) is 1.56. The van der Waals surface area contributed by atoms with Crippen LogP contribution in [0.25, 0.3) is 0 Å². The van der Waals surface area contributed by atoms with Crippen molar-refractivity contribution < 1.29 is 4.42 Å². The molecule has 1 aromatic heterocycles. The fraction of sp³-hybridized carbons (Fsp3) is 0.375. The van der Waals surface area contributed by atoms with E-state index >= 15 is 0 Å². The van der Waals surface area contributed by atoms with Gasteiger partial charge in [0.2, 0.25) is 0 Å². The standard InChI is InChI=1S/C8H9NO/c1-6(5-9)8-3-4-10-7(8)2/h3-4,6H,1-2H3. The third-order valence-electron chi connectivity index (χ3n) is 1.56. The molecule has 1 unspecified atom stereocenters. The predicted octanol–water partition coefficient (Wildman–Crippen LogP) is 2.22. The Morgan fingerprint density at radius 3 is 2.80 bits per heavy atom. The fourth-order valence-corrected chi connectivity index (χ4v) is 0.914. The second kappa shape index (κ2) is 2.57. The second-order valence-electron chi connectivity index (χ2n) is 2.28. The van der Waals surface area contributed by atoms with Gasteiger partial charge < -0.3 is 4.42 Å². The van der Waals surface area contributed by atoms with Crippen molar-refractivity contribution in [1.82, 2.24) is 0 Å². The quantitative estimate of drug-likeness (QED) is 0.592. The van der Waals surface area contributed by atoms with Gasteiger partial charge in [-0.3, -0.25) is 0 Å². The zero-order valence-electron chi connectivity index (χ0n) is 6.09. The van der Waals surface area contributed by atoms with Crippen LogP contribution in [0, 0.1) is 18.3 Å². The van der Waals surface area contributed by atoms with E-state index in [-0.39, 0.29) is 5.92 Å². The van der Waals surface area contributed by atoms with E-state index in [1.165, 1.54) is 0 Å². The van der Waals surface area contributed by atoms with Crippen molar-refractivity contribution in [2.24, 2.45) is 0 Å². The molecule has 0 aliphatic carbocycles. The highest BCUT2D eigenvalue weighted by atomic mass is 16.3. The van der Waals surface area contributed by atoms with E-state index in [4.69, 9.17) is 9.68 Å². The van der Waals surface area contributed by atoms with E-state index in [0.29, 0.717) is 0 Å². The van der Waals surface area contributed by atoms with Crippen molar-refractivity contribution in [3.05, 3.63) is 23.7 Å². The van der Waals surface area contributed by atoms with Crippen LogP contribution in [0.15, 0.2) is 16.7 Å². The van der Waals surface area contributed by atoms with Crippen LogP contribution in [0.2, 0.25) is 0 Å². The summed E-state index contributed by atoms with van der Waals surface area (Å²) in [6.07, 6.45) is 1.61. The zero-order valence-corrected chi connectivity index (χ0v) is 6.09. The molecular weight excluding hydrogens is 126 g/mol. The number of hydrogen-bond acceptors (Lipinski definition) is 2. The molecular formula is C8H9NO. The number of nitriles is 1. The molecule has 0 amide bonds. The summed E-state index contributed by atoms with van der Waals surface area (Å²) in [7, 11) is 0. The van der Waals surface area contributed by atoms with Crippen molar-refractivity contribution in [3.8, 4) is 6.07 Å². The van der Waals surface area contributed by atoms with Crippen molar-refractivity contribution in [1.29, 1.82) is 5.26 Å². The lowest BCUT2D eigenvalue weighted by molar-refractivity contribution is 0.529. The van der Waals surface area contributed by atoms with Crippen LogP contribution in [0.3, 0.4) is 0 Å². The summed E-state index contributed by atoms with van der Waals surface area (Å²) in [5.41, 5.74) is 0.988. The van der Waals surface area contributed by atoms with Gasteiger partial charge in [0, 0.05) is 5.56 Å². The summed E-state index contributed by atoms with van der Waals surface area (Å²) in [5, 5.41) is 8.54. The average Bonchev–Trinajstić information content (AvgIpc) is 2.34. The molecule has 1 rings (SSSR count). The molecule has 2 heteroatoms. The summed E-state index contributed by atoms with van der Waals surface area (Å²) in [4.78, 5) is 0. The molecule has 0 saturated heterocycles. The Kier molecular flexibility index (Phi) is 1.77. The van der Waals surface area contributed by atoms with Gasteiger partial charge >= 0.3 is 0 Å². The summed E-state index contributed by atoms with van der Waals surface area (Å²) in [5.74, 6) is 0.785. The number of aryl methyl sites for hydroxylation is 1. The smallest absolute Gasteiger partial charge is 0.105 e. The zero-order chi connectivity index (χ0) is 7.56. The Morgan fingerprint density at radius 2 is 2.40 bits per heavy atom. The molecule has 0 fully saturated rings. The molecule has 1 atom stereocenters. The predicted molar refractivity (Wildman–Crippen MR) is 37.5 cm³/mol. The SMILES string of the molecule is Cc1occc1C(C)C#N. The molecule has 0 aliphatic heterocycles. The normalized spacial score (nSPS) is 12.5. The minimum atomic E-state index is -0.0567. The maximum atomic E-state index is 8.54. The maximum absolute atomic E-state index is 8.54. The number of furan rings is 1. The van der Waals surface area contributed by atoms with E-state index in [0.717, 1.165) is 11.3 Å². The Balaban J connectivity index is 2.96. The molecule has 1 aromatic rings. The third kappa shape index (κ3) is 1.03.